The van der Waals surface area contributed by atoms with E-state index < -0.39 is 15.2 Å². The maximum atomic E-state index is 12.2. The zero-order valence-electron chi connectivity index (χ0n) is 16.2. The van der Waals surface area contributed by atoms with Gasteiger partial charge < -0.3 is 27.5 Å². The Bertz CT molecular complexity index is 395. The third kappa shape index (κ3) is 10.3. The average molecular weight is 389 g/mol. The molecule has 0 spiro atoms. The van der Waals surface area contributed by atoms with Crippen LogP contribution in [0.3, 0.4) is 0 Å². The van der Waals surface area contributed by atoms with E-state index >= 15 is 0 Å². The van der Waals surface area contributed by atoms with Gasteiger partial charge in [-0.2, -0.15) is 0 Å². The molecule has 146 valence electrons. The topological polar surface area (TPSA) is 74.3 Å². The Morgan fingerprint density at radius 1 is 0.750 bits per heavy atom. The summed E-state index contributed by atoms with van der Waals surface area (Å²) >= 11 is 0. The zero-order chi connectivity index (χ0) is 18.9. The lowest BCUT2D eigenvalue weighted by Crippen LogP contribution is -2.38. The summed E-state index contributed by atoms with van der Waals surface area (Å²) in [6.07, 6.45) is 1.54. The van der Waals surface area contributed by atoms with E-state index in [1.807, 2.05) is 0 Å². The summed E-state index contributed by atoms with van der Waals surface area (Å²) in [6.45, 7) is 2.87. The number of quaternary nitrogens is 1. The lowest BCUT2D eigenvalue weighted by Gasteiger charge is -2.28. The first kappa shape index (κ1) is 24.2. The highest BCUT2D eigenvalue weighted by atomic mass is 31.2. The van der Waals surface area contributed by atoms with Crippen LogP contribution in [0.15, 0.2) is 0 Å². The van der Waals surface area contributed by atoms with Crippen molar-refractivity contribution >= 4 is 15.2 Å². The summed E-state index contributed by atoms with van der Waals surface area (Å²) in [5.74, 6) is 0. The third-order valence-corrected chi connectivity index (χ3v) is 7.52. The molecule has 0 unspecified atom stereocenters. The first-order valence-corrected chi connectivity index (χ1v) is 11.4. The van der Waals surface area contributed by atoms with Gasteiger partial charge in [-0.15, -0.1) is 0 Å². The van der Waals surface area contributed by atoms with Crippen LogP contribution in [0.4, 0.5) is 0 Å². The fourth-order valence-electron chi connectivity index (χ4n) is 2.15. The zero-order valence-corrected chi connectivity index (χ0v) is 18.0. The van der Waals surface area contributed by atoms with Crippen molar-refractivity contribution in [2.45, 2.75) is 6.42 Å². The van der Waals surface area contributed by atoms with E-state index in [0.29, 0.717) is 13.1 Å². The first-order chi connectivity index (χ1) is 11.0. The van der Waals surface area contributed by atoms with Gasteiger partial charge in [0.2, 0.25) is 0 Å². The van der Waals surface area contributed by atoms with E-state index in [2.05, 4.69) is 26.0 Å². The Kier molecular flexibility index (Phi) is 11.1. The smallest absolute Gasteiger partial charge is 0.331 e. The minimum atomic E-state index is -3.06. The fraction of sp³-hybridized carbons (Fsp3) is 1.00. The molecule has 0 aliphatic heterocycles. The lowest BCUT2D eigenvalue weighted by molar-refractivity contribution is -0.870. The standard InChI is InChI=1S/C14H35N2O6P2/c1-16(2,3)12-8-9-15(10-13-23(17,19-4)20-5)11-14-24(18,21-6)22-7/h8-14H2,1-7H3/q+1. The molecule has 0 aromatic heterocycles. The molecule has 0 saturated carbocycles. The van der Waals surface area contributed by atoms with Gasteiger partial charge in [0.05, 0.1) is 40.0 Å². The maximum Gasteiger partial charge on any atom is 0.331 e. The predicted molar refractivity (Wildman–Crippen MR) is 96.9 cm³/mol. The molecule has 24 heavy (non-hydrogen) atoms. The summed E-state index contributed by atoms with van der Waals surface area (Å²) in [6, 6.07) is 0. The van der Waals surface area contributed by atoms with Gasteiger partial charge in [0.1, 0.15) is 0 Å². The van der Waals surface area contributed by atoms with Crippen LogP contribution in [0.5, 0.6) is 0 Å². The SMILES string of the molecule is COP(=O)(CCN(CCC[N+](C)(C)C)CCP(=O)(OC)OC)OC. The lowest BCUT2D eigenvalue weighted by atomic mass is 10.3. The average Bonchev–Trinajstić information content (AvgIpc) is 2.55. The Hall–Kier alpha value is 0.220. The highest BCUT2D eigenvalue weighted by Gasteiger charge is 2.25. The molecule has 0 saturated heterocycles. The highest BCUT2D eigenvalue weighted by Crippen LogP contribution is 2.47. The van der Waals surface area contributed by atoms with E-state index in [1.54, 1.807) is 0 Å². The monoisotopic (exact) mass is 389 g/mol. The maximum absolute atomic E-state index is 12.2. The number of hydrogen-bond donors (Lipinski definition) is 0. The largest absolute Gasteiger partial charge is 0.331 e. The van der Waals surface area contributed by atoms with Crippen molar-refractivity contribution < 1.29 is 31.7 Å². The second-order valence-electron chi connectivity index (χ2n) is 6.61. The van der Waals surface area contributed by atoms with Gasteiger partial charge in [-0.1, -0.05) is 0 Å². The van der Waals surface area contributed by atoms with Gasteiger partial charge in [0, 0.05) is 54.5 Å². The van der Waals surface area contributed by atoms with Crippen LogP contribution >= 0.6 is 15.2 Å². The van der Waals surface area contributed by atoms with Crippen LogP contribution in [-0.4, -0.2) is 97.5 Å². The summed E-state index contributed by atoms with van der Waals surface area (Å²) < 4.78 is 45.3. The molecule has 10 heteroatoms. The Balaban J connectivity index is 4.70. The molecule has 0 N–H and O–H groups in total. The molecule has 0 amide bonds. The van der Waals surface area contributed by atoms with Gasteiger partial charge >= 0.3 is 15.2 Å². The first-order valence-electron chi connectivity index (χ1n) is 7.97. The molecule has 0 aromatic rings. The summed E-state index contributed by atoms with van der Waals surface area (Å²) in [5, 5.41) is 0. The van der Waals surface area contributed by atoms with Crippen LogP contribution in [-0.2, 0) is 27.2 Å². The minimum Gasteiger partial charge on any atom is -0.331 e. The molecule has 0 rings (SSSR count). The van der Waals surface area contributed by atoms with E-state index in [1.165, 1.54) is 28.4 Å². The van der Waals surface area contributed by atoms with Crippen LogP contribution < -0.4 is 0 Å². The Morgan fingerprint density at radius 2 is 1.12 bits per heavy atom. The molecule has 0 atom stereocenters. The van der Waals surface area contributed by atoms with Crippen molar-refractivity contribution in [3.05, 3.63) is 0 Å². The summed E-state index contributed by atoms with van der Waals surface area (Å²) in [4.78, 5) is 2.10. The predicted octanol–water partition coefficient (Wildman–Crippen LogP) is 2.36. The van der Waals surface area contributed by atoms with Crippen LogP contribution in [0.25, 0.3) is 0 Å². The van der Waals surface area contributed by atoms with Crippen molar-refractivity contribution in [3.63, 3.8) is 0 Å². The number of rotatable bonds is 14. The van der Waals surface area contributed by atoms with Gasteiger partial charge in [0.15, 0.2) is 0 Å². The summed E-state index contributed by atoms with van der Waals surface area (Å²) in [7, 11) is 5.84. The van der Waals surface area contributed by atoms with Crippen molar-refractivity contribution in [1.29, 1.82) is 0 Å². The molecule has 0 aliphatic rings. The van der Waals surface area contributed by atoms with E-state index in [9.17, 15) is 9.13 Å². The molecule has 0 aliphatic carbocycles. The normalized spacial score (nSPS) is 13.7. The van der Waals surface area contributed by atoms with Crippen LogP contribution in [0, 0.1) is 0 Å². The molecule has 0 aromatic carbocycles. The van der Waals surface area contributed by atoms with Crippen molar-refractivity contribution in [2.75, 3.05) is 88.1 Å². The molecular formula is C14H35N2O6P2+. The second-order valence-corrected chi connectivity index (χ2v) is 11.4. The number of nitrogens with zero attached hydrogens (tertiary/aromatic N) is 2. The van der Waals surface area contributed by atoms with Crippen molar-refractivity contribution in [2.24, 2.45) is 0 Å². The Labute approximate surface area is 147 Å². The van der Waals surface area contributed by atoms with Gasteiger partial charge in [0.25, 0.3) is 0 Å². The van der Waals surface area contributed by atoms with Crippen molar-refractivity contribution in [3.8, 4) is 0 Å². The van der Waals surface area contributed by atoms with Gasteiger partial charge in [-0.25, -0.2) is 0 Å². The van der Waals surface area contributed by atoms with Gasteiger partial charge in [-0.05, 0) is 0 Å². The quantitative estimate of drug-likeness (QED) is 0.333. The van der Waals surface area contributed by atoms with Crippen molar-refractivity contribution in [1.82, 2.24) is 4.90 Å². The molecule has 0 bridgehead atoms. The second kappa shape index (κ2) is 11.0. The van der Waals surface area contributed by atoms with E-state index in [4.69, 9.17) is 18.1 Å². The highest BCUT2D eigenvalue weighted by molar-refractivity contribution is 7.54. The number of hydrogen-bond acceptors (Lipinski definition) is 7. The molecule has 8 nitrogen and oxygen atoms in total. The minimum absolute atomic E-state index is 0.286. The van der Waals surface area contributed by atoms with E-state index in [-0.39, 0.29) is 12.3 Å². The van der Waals surface area contributed by atoms with Gasteiger partial charge in [-0.3, -0.25) is 9.13 Å². The molecule has 0 radical (unpaired) electrons. The van der Waals surface area contributed by atoms with E-state index in [0.717, 1.165) is 24.0 Å². The third-order valence-electron chi connectivity index (χ3n) is 3.80. The molecule has 0 heterocycles. The molecule has 0 fully saturated rings. The van der Waals surface area contributed by atoms with Crippen LogP contribution in [0.1, 0.15) is 6.42 Å². The summed E-state index contributed by atoms with van der Waals surface area (Å²) in [5.41, 5.74) is 0. The fourth-order valence-corrected chi connectivity index (χ4v) is 4.23. The molecular weight excluding hydrogens is 354 g/mol. The Morgan fingerprint density at radius 3 is 1.42 bits per heavy atom. The van der Waals surface area contributed by atoms with Crippen LogP contribution in [0.2, 0.25) is 0 Å².